The summed E-state index contributed by atoms with van der Waals surface area (Å²) < 4.78 is 0. The van der Waals surface area contributed by atoms with E-state index in [1.807, 2.05) is 12.1 Å². The van der Waals surface area contributed by atoms with Crippen molar-refractivity contribution in [2.24, 2.45) is 5.92 Å². The van der Waals surface area contributed by atoms with Crippen molar-refractivity contribution in [3.05, 3.63) is 35.4 Å². The molecule has 1 aromatic rings. The Kier molecular flexibility index (Phi) is 7.15. The first kappa shape index (κ1) is 20.7. The summed E-state index contributed by atoms with van der Waals surface area (Å²) in [4.78, 5) is 35.0. The smallest absolute Gasteiger partial charge is 0.326 e. The van der Waals surface area contributed by atoms with Crippen LogP contribution >= 0.6 is 0 Å². The van der Waals surface area contributed by atoms with Gasteiger partial charge in [0.2, 0.25) is 5.91 Å². The number of aliphatic carboxylic acids is 1. The third-order valence-electron chi connectivity index (χ3n) is 3.90. The maximum atomic E-state index is 12.1. The fourth-order valence-electron chi connectivity index (χ4n) is 2.27. The van der Waals surface area contributed by atoms with Gasteiger partial charge in [-0.25, -0.2) is 4.79 Å². The van der Waals surface area contributed by atoms with Gasteiger partial charge in [-0.1, -0.05) is 46.8 Å². The van der Waals surface area contributed by atoms with Gasteiger partial charge in [0.25, 0.3) is 5.91 Å². The highest BCUT2D eigenvalue weighted by molar-refractivity contribution is 5.94. The standard InChI is InChI=1S/C19H28N2O4/c1-12(2)16(18(24)25)21-15(22)10-11-20-17(23)13-6-8-14(9-7-13)19(3,4)5/h6-9,12,16H,10-11H2,1-5H3,(H,20,23)(H,21,22)(H,24,25)/t16-/m0/s1. The molecule has 0 aliphatic heterocycles. The van der Waals surface area contributed by atoms with Gasteiger partial charge in [-0.3, -0.25) is 9.59 Å². The summed E-state index contributed by atoms with van der Waals surface area (Å²) in [6.07, 6.45) is 0.0301. The fraction of sp³-hybridized carbons (Fsp3) is 0.526. The summed E-state index contributed by atoms with van der Waals surface area (Å²) in [6, 6.07) is 6.43. The third kappa shape index (κ3) is 6.57. The van der Waals surface area contributed by atoms with Crippen LogP contribution in [0.15, 0.2) is 24.3 Å². The highest BCUT2D eigenvalue weighted by atomic mass is 16.4. The van der Waals surface area contributed by atoms with Crippen molar-refractivity contribution < 1.29 is 19.5 Å². The average molecular weight is 348 g/mol. The molecule has 0 bridgehead atoms. The summed E-state index contributed by atoms with van der Waals surface area (Å²) in [5, 5.41) is 14.2. The number of hydrogen-bond donors (Lipinski definition) is 3. The molecule has 0 heterocycles. The summed E-state index contributed by atoms with van der Waals surface area (Å²) >= 11 is 0. The van der Waals surface area contributed by atoms with Gasteiger partial charge in [0.1, 0.15) is 6.04 Å². The summed E-state index contributed by atoms with van der Waals surface area (Å²) in [7, 11) is 0. The van der Waals surface area contributed by atoms with E-state index in [2.05, 4.69) is 31.4 Å². The zero-order chi connectivity index (χ0) is 19.2. The van der Waals surface area contributed by atoms with Crippen LogP contribution in [-0.2, 0) is 15.0 Å². The highest BCUT2D eigenvalue weighted by Gasteiger charge is 2.23. The molecule has 138 valence electrons. The molecular weight excluding hydrogens is 320 g/mol. The lowest BCUT2D eigenvalue weighted by Gasteiger charge is -2.19. The Morgan fingerprint density at radius 3 is 2.08 bits per heavy atom. The van der Waals surface area contributed by atoms with Crippen LogP contribution in [0, 0.1) is 5.92 Å². The molecule has 1 atom stereocenters. The average Bonchev–Trinajstić information content (AvgIpc) is 2.51. The topological polar surface area (TPSA) is 95.5 Å². The highest BCUT2D eigenvalue weighted by Crippen LogP contribution is 2.22. The van der Waals surface area contributed by atoms with Crippen molar-refractivity contribution in [1.82, 2.24) is 10.6 Å². The summed E-state index contributed by atoms with van der Waals surface area (Å²) in [5.41, 5.74) is 1.68. The van der Waals surface area contributed by atoms with Crippen molar-refractivity contribution in [3.63, 3.8) is 0 Å². The van der Waals surface area contributed by atoms with E-state index in [9.17, 15) is 14.4 Å². The van der Waals surface area contributed by atoms with Crippen molar-refractivity contribution in [3.8, 4) is 0 Å². The molecule has 0 radical (unpaired) electrons. The van der Waals surface area contributed by atoms with Crippen LogP contribution in [0.1, 0.15) is 57.0 Å². The van der Waals surface area contributed by atoms with Gasteiger partial charge in [-0.05, 0) is 29.0 Å². The van der Waals surface area contributed by atoms with Crippen LogP contribution in [-0.4, -0.2) is 35.5 Å². The van der Waals surface area contributed by atoms with E-state index >= 15 is 0 Å². The van der Waals surface area contributed by atoms with Gasteiger partial charge in [-0.15, -0.1) is 0 Å². The van der Waals surface area contributed by atoms with Crippen LogP contribution < -0.4 is 10.6 Å². The van der Waals surface area contributed by atoms with Crippen molar-refractivity contribution >= 4 is 17.8 Å². The number of benzene rings is 1. The number of hydrogen-bond acceptors (Lipinski definition) is 3. The number of carboxylic acids is 1. The van der Waals surface area contributed by atoms with E-state index in [1.165, 1.54) is 0 Å². The van der Waals surface area contributed by atoms with Gasteiger partial charge >= 0.3 is 5.97 Å². The second-order valence-electron chi connectivity index (χ2n) is 7.46. The minimum atomic E-state index is -1.06. The molecule has 2 amide bonds. The molecule has 0 unspecified atom stereocenters. The van der Waals surface area contributed by atoms with Crippen LogP contribution in [0.4, 0.5) is 0 Å². The van der Waals surface area contributed by atoms with Crippen molar-refractivity contribution in [1.29, 1.82) is 0 Å². The largest absolute Gasteiger partial charge is 0.480 e. The van der Waals surface area contributed by atoms with Crippen LogP contribution in [0.25, 0.3) is 0 Å². The molecule has 0 aliphatic rings. The van der Waals surface area contributed by atoms with Crippen molar-refractivity contribution in [2.45, 2.75) is 52.5 Å². The summed E-state index contributed by atoms with van der Waals surface area (Å²) in [6.45, 7) is 9.90. The number of carboxylic acid groups (broad SMARTS) is 1. The molecule has 0 fully saturated rings. The lowest BCUT2D eigenvalue weighted by atomic mass is 9.87. The quantitative estimate of drug-likeness (QED) is 0.705. The molecular formula is C19H28N2O4. The van der Waals surface area contributed by atoms with Crippen LogP contribution in [0.2, 0.25) is 0 Å². The third-order valence-corrected chi connectivity index (χ3v) is 3.90. The molecule has 6 heteroatoms. The normalized spacial score (nSPS) is 12.6. The van der Waals surface area contributed by atoms with E-state index in [-0.39, 0.29) is 30.2 Å². The first-order chi connectivity index (χ1) is 11.5. The minimum Gasteiger partial charge on any atom is -0.480 e. The first-order valence-electron chi connectivity index (χ1n) is 8.43. The molecule has 0 saturated heterocycles. The van der Waals surface area contributed by atoms with Gasteiger partial charge in [-0.2, -0.15) is 0 Å². The number of carbonyl (C=O) groups excluding carboxylic acids is 2. The van der Waals surface area contributed by atoms with Gasteiger partial charge in [0.05, 0.1) is 0 Å². The van der Waals surface area contributed by atoms with Gasteiger partial charge in [0, 0.05) is 18.5 Å². The Hall–Kier alpha value is -2.37. The first-order valence-corrected chi connectivity index (χ1v) is 8.43. The second-order valence-corrected chi connectivity index (χ2v) is 7.46. The lowest BCUT2D eigenvalue weighted by molar-refractivity contribution is -0.143. The number of carbonyl (C=O) groups is 3. The van der Waals surface area contributed by atoms with E-state index in [1.54, 1.807) is 26.0 Å². The van der Waals surface area contributed by atoms with Gasteiger partial charge in [0.15, 0.2) is 0 Å². The zero-order valence-corrected chi connectivity index (χ0v) is 15.6. The molecule has 6 nitrogen and oxygen atoms in total. The Labute approximate surface area is 149 Å². The number of amides is 2. The van der Waals surface area contributed by atoms with E-state index in [0.29, 0.717) is 5.56 Å². The maximum absolute atomic E-state index is 12.1. The molecule has 0 aliphatic carbocycles. The maximum Gasteiger partial charge on any atom is 0.326 e. The second kappa shape index (κ2) is 8.65. The van der Waals surface area contributed by atoms with Gasteiger partial charge < -0.3 is 15.7 Å². The Morgan fingerprint density at radius 2 is 1.64 bits per heavy atom. The molecule has 1 aromatic carbocycles. The van der Waals surface area contributed by atoms with Crippen molar-refractivity contribution in [2.75, 3.05) is 6.54 Å². The molecule has 3 N–H and O–H groups in total. The molecule has 0 saturated carbocycles. The van der Waals surface area contributed by atoms with E-state index in [4.69, 9.17) is 5.11 Å². The predicted molar refractivity (Wildman–Crippen MR) is 96.5 cm³/mol. The number of rotatable bonds is 7. The SMILES string of the molecule is CC(C)[C@H](NC(=O)CCNC(=O)c1ccc(C(C)(C)C)cc1)C(=O)O. The zero-order valence-electron chi connectivity index (χ0n) is 15.6. The Bertz CT molecular complexity index is 615. The fourth-order valence-corrected chi connectivity index (χ4v) is 2.27. The predicted octanol–water partition coefficient (Wildman–Crippen LogP) is 2.33. The monoisotopic (exact) mass is 348 g/mol. The minimum absolute atomic E-state index is 0.0180. The Morgan fingerprint density at radius 1 is 1.08 bits per heavy atom. The molecule has 25 heavy (non-hydrogen) atoms. The van der Waals surface area contributed by atoms with Crippen LogP contribution in [0.3, 0.4) is 0 Å². The molecule has 1 rings (SSSR count). The molecule has 0 spiro atoms. The van der Waals surface area contributed by atoms with E-state index < -0.39 is 17.9 Å². The summed E-state index contributed by atoms with van der Waals surface area (Å²) in [5.74, 6) is -1.93. The molecule has 0 aromatic heterocycles. The Balaban J connectivity index is 2.49. The lowest BCUT2D eigenvalue weighted by Crippen LogP contribution is -2.45. The van der Waals surface area contributed by atoms with Crippen LogP contribution in [0.5, 0.6) is 0 Å². The number of nitrogens with one attached hydrogen (secondary N) is 2. The van der Waals surface area contributed by atoms with E-state index in [0.717, 1.165) is 5.56 Å².